The second-order valence-corrected chi connectivity index (χ2v) is 9.62. The van der Waals surface area contributed by atoms with Gasteiger partial charge in [0.15, 0.2) is 0 Å². The predicted octanol–water partition coefficient (Wildman–Crippen LogP) is 4.40. The van der Waals surface area contributed by atoms with Crippen LogP contribution in [-0.4, -0.2) is 61.8 Å². The molecule has 2 saturated heterocycles. The first-order valence-corrected chi connectivity index (χ1v) is 12.1. The van der Waals surface area contributed by atoms with Crippen LogP contribution in [0.4, 0.5) is 11.4 Å². The maximum absolute atomic E-state index is 12.6. The number of rotatable bonds is 6. The van der Waals surface area contributed by atoms with Gasteiger partial charge in [-0.3, -0.25) is 9.69 Å². The first kappa shape index (κ1) is 23.6. The summed E-state index contributed by atoms with van der Waals surface area (Å²) < 4.78 is 12.1. The summed E-state index contributed by atoms with van der Waals surface area (Å²) in [5, 5.41) is 3.05. The Balaban J connectivity index is 1.22. The van der Waals surface area contributed by atoms with E-state index in [1.54, 1.807) is 0 Å². The van der Waals surface area contributed by atoms with Crippen LogP contribution in [0.5, 0.6) is 5.75 Å². The van der Waals surface area contributed by atoms with Crippen LogP contribution in [0.2, 0.25) is 0 Å². The lowest BCUT2D eigenvalue weighted by Crippen LogP contribution is -2.45. The van der Waals surface area contributed by atoms with E-state index in [0.717, 1.165) is 50.5 Å². The third-order valence-electron chi connectivity index (χ3n) is 6.47. The number of ether oxygens (including phenoxy) is 2. The molecule has 2 heterocycles. The third-order valence-corrected chi connectivity index (χ3v) is 6.47. The Kier molecular flexibility index (Phi) is 7.56. The molecule has 2 unspecified atom stereocenters. The lowest BCUT2D eigenvalue weighted by atomic mass is 10.1. The SMILES string of the molecule is Cc1ccc(C)c(OC2CCN(CC(=O)Nc3ccc(N4CC(C)OC(C)C4)cc3)CC2)c1. The summed E-state index contributed by atoms with van der Waals surface area (Å²) >= 11 is 0. The number of hydrogen-bond acceptors (Lipinski definition) is 5. The van der Waals surface area contributed by atoms with E-state index in [2.05, 4.69) is 73.1 Å². The standard InChI is InChI=1S/C27H37N3O3/c1-19-5-6-20(2)26(15-19)33-25-11-13-29(14-12-25)18-27(31)28-23-7-9-24(10-8-23)30-16-21(3)32-22(4)17-30/h5-10,15,21-22,25H,11-14,16-18H2,1-4H3,(H,28,31). The molecule has 1 amide bonds. The molecule has 2 aromatic carbocycles. The number of benzene rings is 2. The van der Waals surface area contributed by atoms with Gasteiger partial charge in [-0.15, -0.1) is 0 Å². The molecule has 1 N–H and O–H groups in total. The molecule has 2 aliphatic rings. The molecule has 0 saturated carbocycles. The first-order valence-electron chi connectivity index (χ1n) is 12.1. The fourth-order valence-corrected chi connectivity index (χ4v) is 4.75. The van der Waals surface area contributed by atoms with Gasteiger partial charge in [-0.05, 0) is 82.0 Å². The highest BCUT2D eigenvalue weighted by Crippen LogP contribution is 2.25. The third kappa shape index (κ3) is 6.49. The number of likely N-dealkylation sites (tertiary alicyclic amines) is 1. The number of hydrogen-bond donors (Lipinski definition) is 1. The lowest BCUT2D eigenvalue weighted by molar-refractivity contribution is -0.117. The molecule has 2 atom stereocenters. The monoisotopic (exact) mass is 451 g/mol. The van der Waals surface area contributed by atoms with Gasteiger partial charge >= 0.3 is 0 Å². The second-order valence-electron chi connectivity index (χ2n) is 9.62. The molecule has 6 nitrogen and oxygen atoms in total. The molecule has 0 aromatic heterocycles. The smallest absolute Gasteiger partial charge is 0.238 e. The minimum absolute atomic E-state index is 0.0327. The Morgan fingerprint density at radius 1 is 1.03 bits per heavy atom. The van der Waals surface area contributed by atoms with Gasteiger partial charge in [0.2, 0.25) is 5.91 Å². The van der Waals surface area contributed by atoms with Crippen LogP contribution < -0.4 is 15.0 Å². The van der Waals surface area contributed by atoms with E-state index in [0.29, 0.717) is 6.54 Å². The van der Waals surface area contributed by atoms with Crippen molar-refractivity contribution in [2.75, 3.05) is 42.9 Å². The summed E-state index contributed by atoms with van der Waals surface area (Å²) in [4.78, 5) is 17.2. The molecule has 4 rings (SSSR count). The molecular weight excluding hydrogens is 414 g/mol. The predicted molar refractivity (Wildman–Crippen MR) is 133 cm³/mol. The fraction of sp³-hybridized carbons (Fsp3) is 0.519. The number of morpholine rings is 1. The number of carbonyl (C=O) groups is 1. The Labute approximate surface area is 197 Å². The molecule has 0 spiro atoms. The van der Waals surface area contributed by atoms with E-state index in [9.17, 15) is 4.79 Å². The molecule has 2 fully saturated rings. The van der Waals surface area contributed by atoms with Gasteiger partial charge in [-0.1, -0.05) is 12.1 Å². The van der Waals surface area contributed by atoms with Gasteiger partial charge < -0.3 is 19.7 Å². The quantitative estimate of drug-likeness (QED) is 0.706. The number of piperidine rings is 1. The Morgan fingerprint density at radius 3 is 2.36 bits per heavy atom. The summed E-state index contributed by atoms with van der Waals surface area (Å²) in [6, 6.07) is 14.5. The van der Waals surface area contributed by atoms with Crippen LogP contribution in [0.3, 0.4) is 0 Å². The van der Waals surface area contributed by atoms with E-state index in [1.165, 1.54) is 16.8 Å². The molecule has 178 valence electrons. The van der Waals surface area contributed by atoms with Crippen molar-refractivity contribution < 1.29 is 14.3 Å². The summed E-state index contributed by atoms with van der Waals surface area (Å²) in [6.07, 6.45) is 2.53. The van der Waals surface area contributed by atoms with E-state index >= 15 is 0 Å². The number of amides is 1. The van der Waals surface area contributed by atoms with Crippen molar-refractivity contribution in [1.29, 1.82) is 0 Å². The second kappa shape index (κ2) is 10.6. The Bertz CT molecular complexity index is 928. The van der Waals surface area contributed by atoms with Crippen molar-refractivity contribution >= 4 is 17.3 Å². The average Bonchev–Trinajstić information content (AvgIpc) is 2.77. The number of nitrogens with one attached hydrogen (secondary N) is 1. The zero-order valence-electron chi connectivity index (χ0n) is 20.3. The van der Waals surface area contributed by atoms with Gasteiger partial charge in [-0.2, -0.15) is 0 Å². The Hall–Kier alpha value is -2.57. The number of aryl methyl sites for hydroxylation is 2. The van der Waals surface area contributed by atoms with Crippen LogP contribution in [0.15, 0.2) is 42.5 Å². The molecular formula is C27H37N3O3. The average molecular weight is 452 g/mol. The molecule has 6 heteroatoms. The minimum atomic E-state index is 0.0327. The van der Waals surface area contributed by atoms with Gasteiger partial charge in [0.25, 0.3) is 0 Å². The largest absolute Gasteiger partial charge is 0.490 e. The van der Waals surface area contributed by atoms with Crippen molar-refractivity contribution in [2.45, 2.75) is 58.8 Å². The fourth-order valence-electron chi connectivity index (χ4n) is 4.75. The molecule has 0 bridgehead atoms. The van der Waals surface area contributed by atoms with Gasteiger partial charge in [-0.25, -0.2) is 0 Å². The summed E-state index contributed by atoms with van der Waals surface area (Å²) in [5.74, 6) is 1.01. The zero-order valence-corrected chi connectivity index (χ0v) is 20.3. The van der Waals surface area contributed by atoms with Crippen LogP contribution in [0, 0.1) is 13.8 Å². The van der Waals surface area contributed by atoms with Gasteiger partial charge in [0.05, 0.1) is 18.8 Å². The van der Waals surface area contributed by atoms with Crippen LogP contribution in [0.1, 0.15) is 37.8 Å². The highest BCUT2D eigenvalue weighted by molar-refractivity contribution is 5.92. The molecule has 0 aliphatic carbocycles. The number of anilines is 2. The van der Waals surface area contributed by atoms with Crippen LogP contribution in [-0.2, 0) is 9.53 Å². The van der Waals surface area contributed by atoms with Crippen molar-refractivity contribution in [3.63, 3.8) is 0 Å². The van der Waals surface area contributed by atoms with E-state index in [1.807, 2.05) is 12.1 Å². The highest BCUT2D eigenvalue weighted by atomic mass is 16.5. The van der Waals surface area contributed by atoms with Gasteiger partial charge in [0.1, 0.15) is 11.9 Å². The summed E-state index contributed by atoms with van der Waals surface area (Å²) in [5.41, 5.74) is 4.39. The maximum atomic E-state index is 12.6. The highest BCUT2D eigenvalue weighted by Gasteiger charge is 2.24. The minimum Gasteiger partial charge on any atom is -0.490 e. The molecule has 33 heavy (non-hydrogen) atoms. The number of carbonyl (C=O) groups excluding carboxylic acids is 1. The van der Waals surface area contributed by atoms with Crippen molar-refractivity contribution in [3.05, 3.63) is 53.6 Å². The topological polar surface area (TPSA) is 54.0 Å². The molecule has 0 radical (unpaired) electrons. The summed E-state index contributed by atoms with van der Waals surface area (Å²) in [7, 11) is 0. The van der Waals surface area contributed by atoms with E-state index in [4.69, 9.17) is 9.47 Å². The van der Waals surface area contributed by atoms with Crippen molar-refractivity contribution in [3.8, 4) is 5.75 Å². The summed E-state index contributed by atoms with van der Waals surface area (Å²) in [6.45, 7) is 12.3. The van der Waals surface area contributed by atoms with Gasteiger partial charge in [0, 0.05) is 37.6 Å². The Morgan fingerprint density at radius 2 is 1.70 bits per heavy atom. The zero-order chi connectivity index (χ0) is 23.4. The molecule has 2 aliphatic heterocycles. The van der Waals surface area contributed by atoms with Crippen molar-refractivity contribution in [2.24, 2.45) is 0 Å². The van der Waals surface area contributed by atoms with Crippen LogP contribution in [0.25, 0.3) is 0 Å². The van der Waals surface area contributed by atoms with E-state index < -0.39 is 0 Å². The normalized spacial score (nSPS) is 22.2. The van der Waals surface area contributed by atoms with Crippen molar-refractivity contribution in [1.82, 2.24) is 4.90 Å². The number of nitrogens with zero attached hydrogens (tertiary/aromatic N) is 2. The lowest BCUT2D eigenvalue weighted by Gasteiger charge is -2.36. The molecule has 2 aromatic rings. The van der Waals surface area contributed by atoms with Crippen LogP contribution >= 0.6 is 0 Å². The first-order chi connectivity index (χ1) is 15.9. The maximum Gasteiger partial charge on any atom is 0.238 e. The van der Waals surface area contributed by atoms with E-state index in [-0.39, 0.29) is 24.2 Å².